The molecule has 3 aromatic rings. The summed E-state index contributed by atoms with van der Waals surface area (Å²) in [6.45, 7) is 6.70. The van der Waals surface area contributed by atoms with E-state index in [-0.39, 0.29) is 11.4 Å². The second-order valence-electron chi connectivity index (χ2n) is 7.26. The lowest BCUT2D eigenvalue weighted by Gasteiger charge is -2.16. The fourth-order valence-electron chi connectivity index (χ4n) is 3.03. The number of para-hydroxylation sites is 1. The highest BCUT2D eigenvalue weighted by molar-refractivity contribution is 5.98. The van der Waals surface area contributed by atoms with Gasteiger partial charge in [-0.25, -0.2) is 14.5 Å². The minimum atomic E-state index is -4.51. The van der Waals surface area contributed by atoms with Crippen molar-refractivity contribution in [2.45, 2.75) is 40.0 Å². The molecule has 0 aliphatic heterocycles. The quantitative estimate of drug-likeness (QED) is 0.588. The van der Waals surface area contributed by atoms with Gasteiger partial charge in [-0.05, 0) is 51.0 Å². The Morgan fingerprint density at radius 2 is 1.72 bits per heavy atom. The minimum absolute atomic E-state index is 0.0680. The Hall–Kier alpha value is -3.69. The number of aromatic nitrogens is 3. The van der Waals surface area contributed by atoms with Gasteiger partial charge in [-0.15, -0.1) is 0 Å². The number of nitrogens with zero attached hydrogens (tertiary/aromatic N) is 3. The van der Waals surface area contributed by atoms with Crippen LogP contribution >= 0.6 is 0 Å². The molecule has 2 aromatic heterocycles. The van der Waals surface area contributed by atoms with Crippen molar-refractivity contribution < 1.29 is 27.5 Å². The number of hydrogen-bond donors (Lipinski definition) is 1. The predicted molar refractivity (Wildman–Crippen MR) is 111 cm³/mol. The van der Waals surface area contributed by atoms with Gasteiger partial charge in [0.1, 0.15) is 5.56 Å². The molecule has 1 N–H and O–H groups in total. The van der Waals surface area contributed by atoms with Crippen molar-refractivity contribution in [3.8, 4) is 5.82 Å². The van der Waals surface area contributed by atoms with Crippen molar-refractivity contribution in [2.24, 2.45) is 0 Å². The number of aryl methyl sites for hydroxylation is 2. The molecule has 0 radical (unpaired) electrons. The maximum atomic E-state index is 12.7. The third-order valence-electron chi connectivity index (χ3n) is 4.90. The van der Waals surface area contributed by atoms with Gasteiger partial charge in [0, 0.05) is 11.9 Å². The van der Waals surface area contributed by atoms with E-state index in [1.807, 2.05) is 32.0 Å². The average Bonchev–Trinajstić information content (AvgIpc) is 3.11. The minimum Gasteiger partial charge on any atom is -0.449 e. The van der Waals surface area contributed by atoms with Crippen LogP contribution in [0.15, 0.2) is 42.7 Å². The summed E-state index contributed by atoms with van der Waals surface area (Å²) in [5, 5.41) is 6.77. The van der Waals surface area contributed by atoms with Gasteiger partial charge < -0.3 is 10.1 Å². The molecule has 32 heavy (non-hydrogen) atoms. The molecule has 1 unspecified atom stereocenters. The highest BCUT2D eigenvalue weighted by Crippen LogP contribution is 2.29. The molecule has 1 atom stereocenters. The highest BCUT2D eigenvalue weighted by atomic mass is 19.4. The molecular formula is C22H21F3N4O3. The summed E-state index contributed by atoms with van der Waals surface area (Å²) in [6, 6.07) is 7.61. The SMILES string of the molecule is Cc1cccc(C)c1NC(=O)C(C)OC(=O)c1cnn(-c2ccc(C(F)(F)F)cn2)c1C. The first kappa shape index (κ1) is 23.0. The summed E-state index contributed by atoms with van der Waals surface area (Å²) in [6.07, 6.45) is -3.69. The number of carbonyl (C=O) groups excluding carboxylic acids is 2. The molecule has 0 aliphatic rings. The van der Waals surface area contributed by atoms with Gasteiger partial charge in [0.05, 0.1) is 17.5 Å². The first-order valence-electron chi connectivity index (χ1n) is 9.65. The number of ether oxygens (including phenoxy) is 1. The number of amides is 1. The van der Waals surface area contributed by atoms with E-state index in [1.54, 1.807) is 6.92 Å². The van der Waals surface area contributed by atoms with E-state index in [0.717, 1.165) is 23.3 Å². The van der Waals surface area contributed by atoms with Gasteiger partial charge in [-0.1, -0.05) is 18.2 Å². The molecule has 0 saturated carbocycles. The Morgan fingerprint density at radius 1 is 1.06 bits per heavy atom. The Kier molecular flexibility index (Phi) is 6.33. The van der Waals surface area contributed by atoms with Crippen molar-refractivity contribution in [2.75, 3.05) is 5.32 Å². The average molecular weight is 446 g/mol. The normalized spacial score (nSPS) is 12.3. The molecule has 168 valence electrons. The van der Waals surface area contributed by atoms with E-state index in [1.165, 1.54) is 17.8 Å². The fourth-order valence-corrected chi connectivity index (χ4v) is 3.03. The number of esters is 1. The van der Waals surface area contributed by atoms with Gasteiger partial charge in [0.25, 0.3) is 5.91 Å². The van der Waals surface area contributed by atoms with E-state index < -0.39 is 29.7 Å². The molecule has 0 bridgehead atoms. The van der Waals surface area contributed by atoms with Crippen LogP contribution in [0.1, 0.15) is 39.7 Å². The van der Waals surface area contributed by atoms with Crippen LogP contribution in [0.3, 0.4) is 0 Å². The first-order chi connectivity index (χ1) is 15.0. The summed E-state index contributed by atoms with van der Waals surface area (Å²) < 4.78 is 44.7. The molecule has 1 aromatic carbocycles. The monoisotopic (exact) mass is 446 g/mol. The number of halogens is 3. The Bertz CT molecular complexity index is 1130. The van der Waals surface area contributed by atoms with Crippen LogP contribution in [-0.2, 0) is 15.7 Å². The molecule has 0 saturated heterocycles. The molecule has 7 nitrogen and oxygen atoms in total. The molecule has 0 aliphatic carbocycles. The van der Waals surface area contributed by atoms with Crippen LogP contribution in [0.2, 0.25) is 0 Å². The lowest BCUT2D eigenvalue weighted by atomic mass is 10.1. The van der Waals surface area contributed by atoms with Crippen LogP contribution in [0, 0.1) is 20.8 Å². The number of hydrogen-bond acceptors (Lipinski definition) is 5. The fraction of sp³-hybridized carbons (Fsp3) is 0.273. The summed E-state index contributed by atoms with van der Waals surface area (Å²) >= 11 is 0. The Morgan fingerprint density at radius 3 is 2.28 bits per heavy atom. The molecule has 10 heteroatoms. The van der Waals surface area contributed by atoms with Gasteiger partial charge in [-0.3, -0.25) is 4.79 Å². The number of rotatable bonds is 5. The molecule has 0 fully saturated rings. The van der Waals surface area contributed by atoms with Crippen LogP contribution in [0.5, 0.6) is 0 Å². The first-order valence-corrected chi connectivity index (χ1v) is 9.65. The van der Waals surface area contributed by atoms with Gasteiger partial charge in [0.15, 0.2) is 11.9 Å². The highest BCUT2D eigenvalue weighted by Gasteiger charge is 2.31. The summed E-state index contributed by atoms with van der Waals surface area (Å²) in [7, 11) is 0. The van der Waals surface area contributed by atoms with Crippen LogP contribution in [0.25, 0.3) is 5.82 Å². The molecule has 3 rings (SSSR count). The lowest BCUT2D eigenvalue weighted by Crippen LogP contribution is -2.30. The molecule has 2 heterocycles. The van der Waals surface area contributed by atoms with Gasteiger partial charge in [0.2, 0.25) is 0 Å². The second kappa shape index (κ2) is 8.81. The maximum absolute atomic E-state index is 12.7. The standard InChI is InChI=1S/C22H21F3N4O3/c1-12-6-5-7-13(2)19(12)28-20(30)15(4)32-21(31)17-11-27-29(14(17)3)18-9-8-16(10-26-18)22(23,24)25/h5-11,15H,1-4H3,(H,28,30). The summed E-state index contributed by atoms with van der Waals surface area (Å²) in [5.74, 6) is -1.18. The van der Waals surface area contributed by atoms with E-state index in [9.17, 15) is 22.8 Å². The van der Waals surface area contributed by atoms with E-state index in [4.69, 9.17) is 4.74 Å². The molecular weight excluding hydrogens is 425 g/mol. The van der Waals surface area contributed by atoms with E-state index in [2.05, 4.69) is 15.4 Å². The summed E-state index contributed by atoms with van der Waals surface area (Å²) in [4.78, 5) is 28.8. The van der Waals surface area contributed by atoms with Crippen molar-refractivity contribution in [3.05, 3.63) is 70.7 Å². The third kappa shape index (κ3) is 4.79. The predicted octanol–water partition coefficient (Wildman–Crippen LogP) is 4.40. The van der Waals surface area contributed by atoms with Crippen molar-refractivity contribution in [3.63, 3.8) is 0 Å². The van der Waals surface area contributed by atoms with Crippen LogP contribution in [-0.4, -0.2) is 32.7 Å². The van der Waals surface area contributed by atoms with Gasteiger partial charge >= 0.3 is 12.1 Å². The second-order valence-corrected chi connectivity index (χ2v) is 7.26. The van der Waals surface area contributed by atoms with Crippen molar-refractivity contribution in [1.82, 2.24) is 14.8 Å². The van der Waals surface area contributed by atoms with E-state index >= 15 is 0 Å². The number of carbonyl (C=O) groups is 2. The number of nitrogens with one attached hydrogen (secondary N) is 1. The number of alkyl halides is 3. The Labute approximate surface area is 182 Å². The van der Waals surface area contributed by atoms with Crippen LogP contribution < -0.4 is 5.32 Å². The molecule has 1 amide bonds. The van der Waals surface area contributed by atoms with Crippen molar-refractivity contribution >= 4 is 17.6 Å². The smallest absolute Gasteiger partial charge is 0.417 e. The zero-order chi connectivity index (χ0) is 23.6. The van der Waals surface area contributed by atoms with E-state index in [0.29, 0.717) is 17.6 Å². The zero-order valence-electron chi connectivity index (χ0n) is 17.8. The maximum Gasteiger partial charge on any atom is 0.417 e. The third-order valence-corrected chi connectivity index (χ3v) is 4.90. The lowest BCUT2D eigenvalue weighted by molar-refractivity contribution is -0.137. The molecule has 0 spiro atoms. The summed E-state index contributed by atoms with van der Waals surface area (Å²) in [5.41, 5.74) is 1.88. The largest absolute Gasteiger partial charge is 0.449 e. The number of anilines is 1. The Balaban J connectivity index is 1.72. The number of benzene rings is 1. The topological polar surface area (TPSA) is 86.1 Å². The van der Waals surface area contributed by atoms with Crippen molar-refractivity contribution in [1.29, 1.82) is 0 Å². The van der Waals surface area contributed by atoms with Crippen LogP contribution in [0.4, 0.5) is 18.9 Å². The number of pyridine rings is 1. The van der Waals surface area contributed by atoms with Gasteiger partial charge in [-0.2, -0.15) is 18.3 Å². The zero-order valence-corrected chi connectivity index (χ0v) is 17.8.